The first-order chi connectivity index (χ1) is 11.2. The highest BCUT2D eigenvalue weighted by Gasteiger charge is 2.30. The summed E-state index contributed by atoms with van der Waals surface area (Å²) in [5.41, 5.74) is -0.141. The molecule has 0 spiro atoms. The minimum atomic E-state index is -4.36. The fourth-order valence-electron chi connectivity index (χ4n) is 2.49. The van der Waals surface area contributed by atoms with E-state index in [0.29, 0.717) is 17.9 Å². The average molecular weight is 339 g/mol. The van der Waals surface area contributed by atoms with Crippen LogP contribution in [0.15, 0.2) is 36.7 Å². The molecule has 0 saturated heterocycles. The van der Waals surface area contributed by atoms with Crippen molar-refractivity contribution in [3.8, 4) is 0 Å². The van der Waals surface area contributed by atoms with Crippen LogP contribution in [0.25, 0.3) is 0 Å². The Morgan fingerprint density at radius 3 is 2.62 bits per heavy atom. The van der Waals surface area contributed by atoms with Crippen molar-refractivity contribution in [3.63, 3.8) is 0 Å². The van der Waals surface area contributed by atoms with Crippen molar-refractivity contribution in [1.82, 2.24) is 14.5 Å². The number of carbonyl (C=O) groups is 1. The van der Waals surface area contributed by atoms with Gasteiger partial charge in [0.1, 0.15) is 5.82 Å². The summed E-state index contributed by atoms with van der Waals surface area (Å²) in [6.07, 6.45) is -1.08. The molecule has 24 heavy (non-hydrogen) atoms. The molecule has 2 rings (SSSR count). The molecule has 0 unspecified atom stereocenters. The van der Waals surface area contributed by atoms with Crippen molar-refractivity contribution in [2.45, 2.75) is 46.1 Å². The van der Waals surface area contributed by atoms with Crippen LogP contribution in [0.3, 0.4) is 0 Å². The molecule has 0 saturated carbocycles. The third-order valence-electron chi connectivity index (χ3n) is 3.75. The van der Waals surface area contributed by atoms with Crippen molar-refractivity contribution >= 4 is 5.91 Å². The maximum atomic E-state index is 12.8. The number of hydrogen-bond donors (Lipinski definition) is 0. The summed E-state index contributed by atoms with van der Waals surface area (Å²) in [4.78, 5) is 17.6. The van der Waals surface area contributed by atoms with Crippen molar-refractivity contribution in [1.29, 1.82) is 0 Å². The molecular weight excluding hydrogens is 319 g/mol. The minimum Gasteiger partial charge on any atom is -0.333 e. The summed E-state index contributed by atoms with van der Waals surface area (Å²) in [7, 11) is 0. The zero-order chi connectivity index (χ0) is 17.9. The molecular formula is C17H20F3N3O. The summed E-state index contributed by atoms with van der Waals surface area (Å²) < 4.78 is 40.2. The fraction of sp³-hybridized carbons (Fsp3) is 0.412. The molecule has 0 radical (unpaired) electrons. The lowest BCUT2D eigenvalue weighted by Gasteiger charge is -2.25. The van der Waals surface area contributed by atoms with Gasteiger partial charge in [-0.1, -0.05) is 12.1 Å². The van der Waals surface area contributed by atoms with Crippen molar-refractivity contribution in [2.75, 3.05) is 0 Å². The molecule has 0 aliphatic carbocycles. The number of amides is 1. The van der Waals surface area contributed by atoms with Gasteiger partial charge < -0.3 is 9.47 Å². The van der Waals surface area contributed by atoms with Gasteiger partial charge in [0.25, 0.3) is 0 Å². The molecule has 0 N–H and O–H groups in total. The summed E-state index contributed by atoms with van der Waals surface area (Å²) in [6.45, 7) is 5.88. The highest BCUT2D eigenvalue weighted by Crippen LogP contribution is 2.29. The molecule has 1 amide bonds. The van der Waals surface area contributed by atoms with Crippen molar-refractivity contribution < 1.29 is 18.0 Å². The van der Waals surface area contributed by atoms with Crippen LogP contribution in [-0.4, -0.2) is 26.4 Å². The Morgan fingerprint density at radius 1 is 1.33 bits per heavy atom. The Hall–Kier alpha value is -2.31. The fourth-order valence-corrected chi connectivity index (χ4v) is 2.49. The van der Waals surface area contributed by atoms with Crippen LogP contribution in [0.1, 0.15) is 37.7 Å². The summed E-state index contributed by atoms with van der Waals surface area (Å²) in [5, 5.41) is 0. The standard InChI is InChI=1S/C17H20F3N3O/c1-12(2)23(13(3)24)11-16-21-7-8-22(16)10-14-5-4-6-15(9-14)17(18,19)20/h4-9,12H,10-11H2,1-3H3. The Balaban J connectivity index is 2.21. The maximum absolute atomic E-state index is 12.8. The summed E-state index contributed by atoms with van der Waals surface area (Å²) in [5.74, 6) is 0.565. The molecule has 0 fully saturated rings. The second kappa shape index (κ2) is 7.07. The first-order valence-corrected chi connectivity index (χ1v) is 7.62. The predicted molar refractivity (Wildman–Crippen MR) is 84.1 cm³/mol. The maximum Gasteiger partial charge on any atom is 0.416 e. The van der Waals surface area contributed by atoms with Gasteiger partial charge in [-0.3, -0.25) is 4.79 Å². The molecule has 0 bridgehead atoms. The Kier molecular flexibility index (Phi) is 5.31. The smallest absolute Gasteiger partial charge is 0.333 e. The number of hydrogen-bond acceptors (Lipinski definition) is 2. The largest absolute Gasteiger partial charge is 0.416 e. The summed E-state index contributed by atoms with van der Waals surface area (Å²) in [6, 6.07) is 5.24. The van der Waals surface area contributed by atoms with Gasteiger partial charge >= 0.3 is 6.18 Å². The minimum absolute atomic E-state index is 0.0150. The number of carbonyl (C=O) groups excluding carboxylic acids is 1. The van der Waals surface area contributed by atoms with E-state index in [0.717, 1.165) is 12.1 Å². The van der Waals surface area contributed by atoms with Crippen LogP contribution in [0.2, 0.25) is 0 Å². The Bertz CT molecular complexity index is 707. The molecule has 7 heteroatoms. The van der Waals surface area contributed by atoms with E-state index < -0.39 is 11.7 Å². The van der Waals surface area contributed by atoms with E-state index >= 15 is 0 Å². The number of halogens is 3. The SMILES string of the molecule is CC(=O)N(Cc1nccn1Cc1cccc(C(F)(F)F)c1)C(C)C. The van der Waals surface area contributed by atoms with E-state index in [1.807, 2.05) is 13.8 Å². The number of nitrogens with zero attached hydrogens (tertiary/aromatic N) is 3. The normalized spacial score (nSPS) is 11.8. The lowest BCUT2D eigenvalue weighted by atomic mass is 10.1. The molecule has 0 atom stereocenters. The number of alkyl halides is 3. The molecule has 1 aromatic heterocycles. The number of aromatic nitrogens is 2. The van der Waals surface area contributed by atoms with E-state index in [1.165, 1.54) is 13.0 Å². The molecule has 0 aliphatic rings. The van der Waals surface area contributed by atoms with Gasteiger partial charge in [-0.25, -0.2) is 4.98 Å². The van der Waals surface area contributed by atoms with Crippen LogP contribution in [0, 0.1) is 0 Å². The average Bonchev–Trinajstić information content (AvgIpc) is 2.90. The molecule has 2 aromatic rings. The first kappa shape index (κ1) is 18.0. The van der Waals surface area contributed by atoms with Gasteiger partial charge in [-0.15, -0.1) is 0 Å². The number of imidazole rings is 1. The van der Waals surface area contributed by atoms with Gasteiger partial charge in [0, 0.05) is 31.9 Å². The Labute approximate surface area is 138 Å². The third kappa shape index (κ3) is 4.37. The van der Waals surface area contributed by atoms with Gasteiger partial charge in [0.05, 0.1) is 12.1 Å². The van der Waals surface area contributed by atoms with Crippen LogP contribution < -0.4 is 0 Å². The highest BCUT2D eigenvalue weighted by atomic mass is 19.4. The van der Waals surface area contributed by atoms with Crippen LogP contribution in [0.5, 0.6) is 0 Å². The van der Waals surface area contributed by atoms with Crippen LogP contribution >= 0.6 is 0 Å². The second-order valence-electron chi connectivity index (χ2n) is 5.91. The van der Waals surface area contributed by atoms with Crippen LogP contribution in [-0.2, 0) is 24.1 Å². The molecule has 130 valence electrons. The number of rotatable bonds is 5. The van der Waals surface area contributed by atoms with Gasteiger partial charge in [0.2, 0.25) is 5.91 Å². The van der Waals surface area contributed by atoms with Gasteiger partial charge in [0.15, 0.2) is 0 Å². The van der Waals surface area contributed by atoms with Crippen molar-refractivity contribution in [2.24, 2.45) is 0 Å². The number of benzene rings is 1. The van der Waals surface area contributed by atoms with E-state index in [1.54, 1.807) is 27.9 Å². The van der Waals surface area contributed by atoms with Crippen molar-refractivity contribution in [3.05, 3.63) is 53.6 Å². The lowest BCUT2D eigenvalue weighted by molar-refractivity contribution is -0.137. The lowest BCUT2D eigenvalue weighted by Crippen LogP contribution is -2.35. The van der Waals surface area contributed by atoms with E-state index in [4.69, 9.17) is 0 Å². The van der Waals surface area contributed by atoms with Crippen LogP contribution in [0.4, 0.5) is 13.2 Å². The van der Waals surface area contributed by atoms with Gasteiger partial charge in [-0.2, -0.15) is 13.2 Å². The molecule has 0 aliphatic heterocycles. The quantitative estimate of drug-likeness (QED) is 0.833. The van der Waals surface area contributed by atoms with Gasteiger partial charge in [-0.05, 0) is 31.5 Å². The second-order valence-corrected chi connectivity index (χ2v) is 5.91. The van der Waals surface area contributed by atoms with E-state index in [9.17, 15) is 18.0 Å². The van der Waals surface area contributed by atoms with E-state index in [2.05, 4.69) is 4.98 Å². The topological polar surface area (TPSA) is 38.1 Å². The zero-order valence-corrected chi connectivity index (χ0v) is 13.8. The monoisotopic (exact) mass is 339 g/mol. The Morgan fingerprint density at radius 2 is 2.04 bits per heavy atom. The first-order valence-electron chi connectivity index (χ1n) is 7.62. The molecule has 1 heterocycles. The molecule has 1 aromatic carbocycles. The third-order valence-corrected chi connectivity index (χ3v) is 3.75. The highest BCUT2D eigenvalue weighted by molar-refractivity contribution is 5.73. The predicted octanol–water partition coefficient (Wildman–Crippen LogP) is 3.71. The summed E-state index contributed by atoms with van der Waals surface area (Å²) >= 11 is 0. The zero-order valence-electron chi connectivity index (χ0n) is 13.8. The van der Waals surface area contributed by atoms with E-state index in [-0.39, 0.29) is 18.5 Å². The molecule has 4 nitrogen and oxygen atoms in total.